The van der Waals surface area contributed by atoms with Crippen molar-refractivity contribution in [2.75, 3.05) is 10.5 Å². The highest BCUT2D eigenvalue weighted by molar-refractivity contribution is 8.00. The number of rotatable bonds is 6. The topological polar surface area (TPSA) is 89.3 Å². The fraction of sp³-hybridized carbons (Fsp3) is 0.0714. The molecule has 0 unspecified atom stereocenters. The van der Waals surface area contributed by atoms with Crippen LogP contribution < -0.4 is 10.5 Å². The highest BCUT2D eigenvalue weighted by Gasteiger charge is 2.20. The van der Waals surface area contributed by atoms with Crippen LogP contribution in [0.1, 0.15) is 0 Å². The molecule has 0 saturated carbocycles. The van der Waals surface area contributed by atoms with Crippen molar-refractivity contribution >= 4 is 45.0 Å². The molecule has 0 spiro atoms. The largest absolute Gasteiger partial charge is 0.369 e. The summed E-state index contributed by atoms with van der Waals surface area (Å²) in [6, 6.07) is 9.72. The first-order chi connectivity index (χ1) is 10.8. The number of amides is 1. The first-order valence-corrected chi connectivity index (χ1v) is 9.12. The third-order valence-corrected chi connectivity index (χ3v) is 5.41. The van der Waals surface area contributed by atoms with Crippen molar-refractivity contribution in [2.45, 2.75) is 9.79 Å². The Morgan fingerprint density at radius 2 is 1.96 bits per heavy atom. The molecule has 0 atom stereocenters. The van der Waals surface area contributed by atoms with Crippen LogP contribution in [0.15, 0.2) is 52.3 Å². The summed E-state index contributed by atoms with van der Waals surface area (Å²) in [6.07, 6.45) is 0. The molecular weight excluding hydrogens is 363 g/mol. The zero-order valence-electron chi connectivity index (χ0n) is 11.6. The van der Waals surface area contributed by atoms with Gasteiger partial charge in [-0.25, -0.2) is 12.8 Å². The van der Waals surface area contributed by atoms with Crippen LogP contribution in [0.2, 0.25) is 5.02 Å². The van der Waals surface area contributed by atoms with Gasteiger partial charge in [-0.3, -0.25) is 9.52 Å². The Hall–Kier alpha value is -1.77. The number of para-hydroxylation sites is 1. The average molecular weight is 375 g/mol. The number of nitrogens with one attached hydrogen (secondary N) is 1. The lowest BCUT2D eigenvalue weighted by atomic mass is 10.3. The number of halogens is 2. The van der Waals surface area contributed by atoms with Gasteiger partial charge in [0.2, 0.25) is 5.91 Å². The maximum absolute atomic E-state index is 13.8. The Balaban J connectivity index is 2.32. The minimum atomic E-state index is -4.13. The molecule has 2 aromatic rings. The van der Waals surface area contributed by atoms with E-state index >= 15 is 0 Å². The number of carbonyl (C=O) groups is 1. The fourth-order valence-electron chi connectivity index (χ4n) is 1.72. The number of nitrogens with two attached hydrogens (primary N) is 1. The summed E-state index contributed by atoms with van der Waals surface area (Å²) in [5.41, 5.74) is 5.31. The zero-order valence-corrected chi connectivity index (χ0v) is 14.0. The van der Waals surface area contributed by atoms with Crippen molar-refractivity contribution in [1.29, 1.82) is 0 Å². The van der Waals surface area contributed by atoms with E-state index in [0.29, 0.717) is 4.90 Å². The molecule has 3 N–H and O–H groups in total. The van der Waals surface area contributed by atoms with Gasteiger partial charge in [0.15, 0.2) is 0 Å². The second-order valence-electron chi connectivity index (χ2n) is 4.43. The normalized spacial score (nSPS) is 11.2. The molecule has 23 heavy (non-hydrogen) atoms. The lowest BCUT2D eigenvalue weighted by Gasteiger charge is -2.12. The van der Waals surface area contributed by atoms with Crippen LogP contribution in [-0.2, 0) is 14.8 Å². The summed E-state index contributed by atoms with van der Waals surface area (Å²) >= 11 is 6.70. The second kappa shape index (κ2) is 7.20. The van der Waals surface area contributed by atoms with Crippen molar-refractivity contribution in [2.24, 2.45) is 5.73 Å². The van der Waals surface area contributed by atoms with E-state index < -0.39 is 26.6 Å². The van der Waals surface area contributed by atoms with Gasteiger partial charge in [-0.1, -0.05) is 23.7 Å². The Labute approximate surface area is 142 Å². The summed E-state index contributed by atoms with van der Waals surface area (Å²) in [4.78, 5) is 10.9. The maximum atomic E-state index is 13.8. The Kier molecular flexibility index (Phi) is 5.51. The van der Waals surface area contributed by atoms with Crippen molar-refractivity contribution in [3.8, 4) is 0 Å². The lowest BCUT2D eigenvalue weighted by molar-refractivity contribution is -0.115. The molecule has 0 fully saturated rings. The van der Waals surface area contributed by atoms with Gasteiger partial charge >= 0.3 is 0 Å². The molecule has 122 valence electrons. The van der Waals surface area contributed by atoms with Crippen LogP contribution in [0.4, 0.5) is 10.1 Å². The van der Waals surface area contributed by atoms with Crippen LogP contribution in [-0.4, -0.2) is 20.1 Å². The number of anilines is 1. The first-order valence-electron chi connectivity index (χ1n) is 6.27. The summed E-state index contributed by atoms with van der Waals surface area (Å²) in [5.74, 6) is -1.49. The number of benzene rings is 2. The molecule has 0 aliphatic rings. The summed E-state index contributed by atoms with van der Waals surface area (Å²) in [5, 5.41) is 0.0962. The Bertz CT molecular complexity index is 844. The molecule has 0 aromatic heterocycles. The number of thioether (sulfide) groups is 1. The monoisotopic (exact) mass is 374 g/mol. The molecular formula is C14H12ClFN2O3S2. The second-order valence-corrected chi connectivity index (χ2v) is 7.54. The van der Waals surface area contributed by atoms with Crippen molar-refractivity contribution < 1.29 is 17.6 Å². The number of carbonyl (C=O) groups excluding carboxylic acids is 1. The molecule has 0 heterocycles. The minimum Gasteiger partial charge on any atom is -0.369 e. The van der Waals surface area contributed by atoms with Crippen LogP contribution in [0.3, 0.4) is 0 Å². The van der Waals surface area contributed by atoms with Crippen LogP contribution in [0.25, 0.3) is 0 Å². The number of hydrogen-bond acceptors (Lipinski definition) is 4. The van der Waals surface area contributed by atoms with Gasteiger partial charge in [0.25, 0.3) is 10.0 Å². The quantitative estimate of drug-likeness (QED) is 0.761. The van der Waals surface area contributed by atoms with E-state index in [0.717, 1.165) is 23.9 Å². The molecule has 1 amide bonds. The van der Waals surface area contributed by atoms with E-state index in [9.17, 15) is 17.6 Å². The molecule has 0 radical (unpaired) electrons. The summed E-state index contributed by atoms with van der Waals surface area (Å²) in [7, 11) is -4.13. The highest BCUT2D eigenvalue weighted by atomic mass is 35.5. The first kappa shape index (κ1) is 17.6. The van der Waals surface area contributed by atoms with E-state index in [-0.39, 0.29) is 16.5 Å². The smallest absolute Gasteiger partial charge is 0.264 e. The van der Waals surface area contributed by atoms with Gasteiger partial charge in [0.1, 0.15) is 10.7 Å². The van der Waals surface area contributed by atoms with Crippen LogP contribution in [0, 0.1) is 5.82 Å². The number of primary amides is 1. The predicted octanol–water partition coefficient (Wildman–Crippen LogP) is 2.86. The summed E-state index contributed by atoms with van der Waals surface area (Å²) in [6.45, 7) is 0. The molecule has 2 rings (SSSR count). The zero-order chi connectivity index (χ0) is 17.0. The van der Waals surface area contributed by atoms with E-state index in [1.807, 2.05) is 0 Å². The fourth-order valence-corrected chi connectivity index (χ4v) is 3.83. The van der Waals surface area contributed by atoms with E-state index in [4.69, 9.17) is 17.3 Å². The van der Waals surface area contributed by atoms with E-state index in [1.54, 1.807) is 18.2 Å². The van der Waals surface area contributed by atoms with E-state index in [1.165, 1.54) is 12.1 Å². The number of sulfonamides is 1. The third kappa shape index (κ3) is 4.60. The van der Waals surface area contributed by atoms with Crippen molar-refractivity contribution in [3.63, 3.8) is 0 Å². The molecule has 9 heteroatoms. The Morgan fingerprint density at radius 1 is 1.26 bits per heavy atom. The SMILES string of the molecule is NC(=O)CSc1ccccc1NS(=O)(=O)c1ccc(Cl)cc1F. The van der Waals surface area contributed by atoms with Crippen LogP contribution in [0.5, 0.6) is 0 Å². The predicted molar refractivity (Wildman–Crippen MR) is 88.6 cm³/mol. The van der Waals surface area contributed by atoms with Crippen molar-refractivity contribution in [3.05, 3.63) is 53.3 Å². The van der Waals surface area contributed by atoms with Crippen molar-refractivity contribution in [1.82, 2.24) is 0 Å². The van der Waals surface area contributed by atoms with Crippen LogP contribution >= 0.6 is 23.4 Å². The van der Waals surface area contributed by atoms with Gasteiger partial charge in [-0.2, -0.15) is 0 Å². The lowest BCUT2D eigenvalue weighted by Crippen LogP contribution is -2.16. The molecule has 0 aliphatic carbocycles. The van der Waals surface area contributed by atoms with E-state index in [2.05, 4.69) is 4.72 Å². The highest BCUT2D eigenvalue weighted by Crippen LogP contribution is 2.29. The van der Waals surface area contributed by atoms with Gasteiger partial charge < -0.3 is 5.73 Å². The van der Waals surface area contributed by atoms with Gasteiger partial charge in [0.05, 0.1) is 11.4 Å². The summed E-state index contributed by atoms with van der Waals surface area (Å²) < 4.78 is 40.8. The van der Waals surface area contributed by atoms with Gasteiger partial charge in [-0.05, 0) is 30.3 Å². The van der Waals surface area contributed by atoms with Gasteiger partial charge in [0, 0.05) is 9.92 Å². The number of hydrogen-bond donors (Lipinski definition) is 2. The third-order valence-electron chi connectivity index (χ3n) is 2.68. The molecule has 0 saturated heterocycles. The average Bonchev–Trinajstić information content (AvgIpc) is 2.45. The maximum Gasteiger partial charge on any atom is 0.264 e. The Morgan fingerprint density at radius 3 is 2.61 bits per heavy atom. The van der Waals surface area contributed by atoms with Gasteiger partial charge in [-0.15, -0.1) is 11.8 Å². The standard InChI is InChI=1S/C14H12ClFN2O3S2/c15-9-5-6-13(10(16)7-9)23(20,21)18-11-3-1-2-4-12(11)22-8-14(17)19/h1-7,18H,8H2,(H2,17,19). The molecule has 2 aromatic carbocycles. The minimum absolute atomic E-state index is 0.00591. The molecule has 0 aliphatic heterocycles. The molecule has 5 nitrogen and oxygen atoms in total. The molecule has 0 bridgehead atoms.